The second kappa shape index (κ2) is 9.55. The van der Waals surface area contributed by atoms with Crippen molar-refractivity contribution in [3.63, 3.8) is 0 Å². The van der Waals surface area contributed by atoms with Crippen LogP contribution in [0.1, 0.15) is 58.3 Å². The summed E-state index contributed by atoms with van der Waals surface area (Å²) in [4.78, 5) is 0. The highest BCUT2D eigenvalue weighted by Crippen LogP contribution is 2.08. The van der Waals surface area contributed by atoms with Crippen LogP contribution in [-0.2, 0) is 24.1 Å². The van der Waals surface area contributed by atoms with Crippen molar-refractivity contribution in [1.29, 1.82) is 0 Å². The van der Waals surface area contributed by atoms with E-state index in [1.807, 2.05) is 0 Å². The second-order valence-electron chi connectivity index (χ2n) is 4.00. The van der Waals surface area contributed by atoms with Gasteiger partial charge in [-0.25, -0.2) is 4.21 Å². The van der Waals surface area contributed by atoms with Crippen molar-refractivity contribution in [2.75, 3.05) is 12.9 Å². The van der Waals surface area contributed by atoms with E-state index < -0.39 is 8.77 Å². The van der Waals surface area contributed by atoms with Gasteiger partial charge in [0.2, 0.25) is 0 Å². The van der Waals surface area contributed by atoms with Gasteiger partial charge in [0.15, 0.2) is 0 Å². The molecule has 0 aromatic heterocycles. The summed E-state index contributed by atoms with van der Waals surface area (Å²) in [6.45, 7) is 2.78. The lowest BCUT2D eigenvalue weighted by atomic mass is 10.1. The van der Waals surface area contributed by atoms with Gasteiger partial charge >= 0.3 is 0 Å². The zero-order chi connectivity index (χ0) is 11.6. The molecule has 0 saturated heterocycles. The van der Waals surface area contributed by atoms with Crippen LogP contribution >= 0.6 is 0 Å². The molecular formula is C11H24O2S2. The predicted octanol–water partition coefficient (Wildman–Crippen LogP) is 3.43. The summed E-state index contributed by atoms with van der Waals surface area (Å²) in [5.74, 6) is 0. The first-order valence-corrected chi connectivity index (χ1v) is 8.72. The summed E-state index contributed by atoms with van der Waals surface area (Å²) in [5.41, 5.74) is 0. The number of hydrogen-bond acceptors (Lipinski definition) is 3. The van der Waals surface area contributed by atoms with E-state index in [-0.39, 0.29) is 0 Å². The first-order valence-electron chi connectivity index (χ1n) is 5.90. The van der Waals surface area contributed by atoms with E-state index in [9.17, 15) is 4.21 Å². The zero-order valence-electron chi connectivity index (χ0n) is 10.00. The summed E-state index contributed by atoms with van der Waals surface area (Å²) in [6, 6.07) is 0. The van der Waals surface area contributed by atoms with Gasteiger partial charge in [-0.15, -0.1) is 0 Å². The maximum Gasteiger partial charge on any atom is 0.141 e. The van der Waals surface area contributed by atoms with Gasteiger partial charge in [-0.05, 0) is 6.42 Å². The highest BCUT2D eigenvalue weighted by Gasteiger charge is 1.96. The van der Waals surface area contributed by atoms with Crippen molar-refractivity contribution in [3.05, 3.63) is 0 Å². The van der Waals surface area contributed by atoms with Crippen molar-refractivity contribution in [2.45, 2.75) is 58.3 Å². The molecule has 0 spiro atoms. The molecule has 1 unspecified atom stereocenters. The molecule has 0 heterocycles. The Balaban J connectivity index is 3.06. The maximum atomic E-state index is 11.0. The third-order valence-electron chi connectivity index (χ3n) is 2.30. The Kier molecular flexibility index (Phi) is 9.76. The molecule has 0 aromatic carbocycles. The Morgan fingerprint density at radius 1 is 1.00 bits per heavy atom. The maximum absolute atomic E-state index is 11.0. The van der Waals surface area contributed by atoms with E-state index in [0.717, 1.165) is 12.8 Å². The molecule has 0 aliphatic heterocycles. The minimum absolute atomic E-state index is 0.549. The molecule has 0 aromatic rings. The van der Waals surface area contributed by atoms with Gasteiger partial charge in [0, 0.05) is 17.4 Å². The average molecular weight is 252 g/mol. The average Bonchev–Trinajstić information content (AvgIpc) is 2.14. The Hall–Kier alpha value is 0.330. The van der Waals surface area contributed by atoms with Gasteiger partial charge in [-0.3, -0.25) is 4.18 Å². The topological polar surface area (TPSA) is 26.3 Å². The Morgan fingerprint density at radius 2 is 1.47 bits per heavy atom. The predicted molar refractivity (Wildman–Crippen MR) is 70.0 cm³/mol. The molecule has 0 saturated carbocycles. The van der Waals surface area contributed by atoms with E-state index in [4.69, 9.17) is 4.18 Å². The molecule has 0 aliphatic carbocycles. The third kappa shape index (κ3) is 14.3. The van der Waals surface area contributed by atoms with E-state index >= 15 is 0 Å². The molecule has 1 atom stereocenters. The lowest BCUT2D eigenvalue weighted by Crippen LogP contribution is -2.02. The van der Waals surface area contributed by atoms with Gasteiger partial charge in [0.05, 0.1) is 6.61 Å². The first kappa shape index (κ1) is 15.3. The zero-order valence-corrected chi connectivity index (χ0v) is 11.6. The highest BCUT2D eigenvalue weighted by atomic mass is 32.8. The summed E-state index contributed by atoms with van der Waals surface area (Å²) < 4.78 is 16.0. The molecule has 0 radical (unpaired) electrons. The summed E-state index contributed by atoms with van der Waals surface area (Å²) in [6.07, 6.45) is 11.6. The van der Waals surface area contributed by atoms with Crippen LogP contribution in [-0.4, -0.2) is 17.1 Å². The Morgan fingerprint density at radius 3 is 1.93 bits per heavy atom. The van der Waals surface area contributed by atoms with Crippen LogP contribution in [0.5, 0.6) is 0 Å². The van der Waals surface area contributed by atoms with Crippen LogP contribution in [0.4, 0.5) is 0 Å². The van der Waals surface area contributed by atoms with Crippen molar-refractivity contribution >= 4 is 20.0 Å². The van der Waals surface area contributed by atoms with Crippen molar-refractivity contribution < 1.29 is 8.39 Å². The first-order chi connectivity index (χ1) is 7.06. The Labute approximate surface area is 99.7 Å². The lowest BCUT2D eigenvalue weighted by Gasteiger charge is -2.03. The number of unbranched alkanes of at least 4 members (excludes halogenated alkanes) is 7. The monoisotopic (exact) mass is 252 g/mol. The SMILES string of the molecule is CCCCCCCCCCOS(C)(=O)=S. The van der Waals surface area contributed by atoms with Crippen LogP contribution in [0.2, 0.25) is 0 Å². The summed E-state index contributed by atoms with van der Waals surface area (Å²) >= 11 is 4.64. The van der Waals surface area contributed by atoms with Crippen LogP contribution in [0, 0.1) is 0 Å². The van der Waals surface area contributed by atoms with E-state index in [2.05, 4.69) is 18.1 Å². The molecule has 0 fully saturated rings. The van der Waals surface area contributed by atoms with E-state index in [1.54, 1.807) is 0 Å². The highest BCUT2D eigenvalue weighted by molar-refractivity contribution is 8.29. The largest absolute Gasteiger partial charge is 0.290 e. The van der Waals surface area contributed by atoms with Gasteiger partial charge in [-0.1, -0.05) is 51.9 Å². The summed E-state index contributed by atoms with van der Waals surface area (Å²) in [7, 11) is -2.40. The molecule has 4 heteroatoms. The van der Waals surface area contributed by atoms with Crippen LogP contribution in [0.3, 0.4) is 0 Å². The lowest BCUT2D eigenvalue weighted by molar-refractivity contribution is 0.333. The molecule has 0 aliphatic rings. The second-order valence-corrected chi connectivity index (χ2v) is 7.46. The van der Waals surface area contributed by atoms with Crippen LogP contribution in [0.25, 0.3) is 0 Å². The quantitative estimate of drug-likeness (QED) is 0.557. The van der Waals surface area contributed by atoms with Crippen molar-refractivity contribution in [1.82, 2.24) is 0 Å². The van der Waals surface area contributed by atoms with Gasteiger partial charge in [0.25, 0.3) is 0 Å². The molecule has 0 N–H and O–H groups in total. The molecule has 2 nitrogen and oxygen atoms in total. The van der Waals surface area contributed by atoms with E-state index in [0.29, 0.717) is 6.61 Å². The number of rotatable bonds is 10. The minimum Gasteiger partial charge on any atom is -0.290 e. The van der Waals surface area contributed by atoms with Gasteiger partial charge in [0.1, 0.15) is 8.77 Å². The normalized spacial score (nSPS) is 15.1. The molecule has 0 rings (SSSR count). The fourth-order valence-electron chi connectivity index (χ4n) is 1.45. The van der Waals surface area contributed by atoms with Crippen LogP contribution < -0.4 is 0 Å². The number of hydrogen-bond donors (Lipinski definition) is 0. The third-order valence-corrected chi connectivity index (χ3v) is 3.18. The fraction of sp³-hybridized carbons (Fsp3) is 1.00. The smallest absolute Gasteiger partial charge is 0.141 e. The van der Waals surface area contributed by atoms with Crippen molar-refractivity contribution in [2.24, 2.45) is 0 Å². The van der Waals surface area contributed by atoms with Crippen LogP contribution in [0.15, 0.2) is 0 Å². The molecular weight excluding hydrogens is 228 g/mol. The molecule has 92 valence electrons. The molecule has 15 heavy (non-hydrogen) atoms. The Bertz CT molecular complexity index is 223. The van der Waals surface area contributed by atoms with E-state index in [1.165, 1.54) is 44.8 Å². The minimum atomic E-state index is -2.40. The summed E-state index contributed by atoms with van der Waals surface area (Å²) in [5, 5.41) is 0. The van der Waals surface area contributed by atoms with Gasteiger partial charge in [-0.2, -0.15) is 0 Å². The molecule has 0 amide bonds. The molecule has 0 bridgehead atoms. The van der Waals surface area contributed by atoms with Gasteiger partial charge < -0.3 is 0 Å². The van der Waals surface area contributed by atoms with Crippen molar-refractivity contribution in [3.8, 4) is 0 Å². The standard InChI is InChI=1S/C11H24O2S2/c1-3-4-5-6-7-8-9-10-11-13-15(2,12)14/h3-11H2,1-2H3. The fourth-order valence-corrected chi connectivity index (χ4v) is 2.07.